The van der Waals surface area contributed by atoms with E-state index in [4.69, 9.17) is 16.7 Å². The van der Waals surface area contributed by atoms with Crippen LogP contribution in [-0.2, 0) is 4.79 Å². The van der Waals surface area contributed by atoms with Crippen molar-refractivity contribution in [2.45, 2.75) is 19.4 Å². The van der Waals surface area contributed by atoms with E-state index in [1.54, 1.807) is 0 Å². The van der Waals surface area contributed by atoms with Crippen LogP contribution >= 0.6 is 11.6 Å². The van der Waals surface area contributed by atoms with Crippen LogP contribution in [0, 0.1) is 5.82 Å². The van der Waals surface area contributed by atoms with Crippen LogP contribution in [0.2, 0.25) is 5.02 Å². The smallest absolute Gasteiger partial charge is 0.328 e. The van der Waals surface area contributed by atoms with Gasteiger partial charge in [-0.1, -0.05) is 11.6 Å². The first-order valence-electron chi connectivity index (χ1n) is 5.00. The van der Waals surface area contributed by atoms with E-state index in [1.807, 2.05) is 0 Å². The molecule has 18 heavy (non-hydrogen) atoms. The summed E-state index contributed by atoms with van der Waals surface area (Å²) in [5.41, 5.74) is -1.54. The Balaban J connectivity index is 2.74. The van der Waals surface area contributed by atoms with E-state index in [-0.39, 0.29) is 10.7 Å². The second kappa shape index (κ2) is 5.22. The SMILES string of the molecule is CC(C)(NC(=O)Nc1ccc(Cl)cc1F)C(=O)O. The highest BCUT2D eigenvalue weighted by atomic mass is 35.5. The lowest BCUT2D eigenvalue weighted by atomic mass is 10.1. The number of nitrogens with one attached hydrogen (secondary N) is 2. The van der Waals surface area contributed by atoms with E-state index in [0.29, 0.717) is 0 Å². The minimum Gasteiger partial charge on any atom is -0.480 e. The highest BCUT2D eigenvalue weighted by molar-refractivity contribution is 6.30. The molecular formula is C11H12ClFN2O3. The van der Waals surface area contributed by atoms with E-state index >= 15 is 0 Å². The predicted molar refractivity (Wildman–Crippen MR) is 65.3 cm³/mol. The molecule has 0 aromatic heterocycles. The van der Waals surface area contributed by atoms with Crippen LogP contribution in [-0.4, -0.2) is 22.6 Å². The van der Waals surface area contributed by atoms with Gasteiger partial charge in [0.25, 0.3) is 0 Å². The van der Waals surface area contributed by atoms with Crippen molar-refractivity contribution < 1.29 is 19.1 Å². The van der Waals surface area contributed by atoms with E-state index < -0.39 is 23.4 Å². The molecule has 7 heteroatoms. The van der Waals surface area contributed by atoms with Gasteiger partial charge in [0.15, 0.2) is 0 Å². The first-order valence-corrected chi connectivity index (χ1v) is 5.38. The number of hydrogen-bond acceptors (Lipinski definition) is 2. The van der Waals surface area contributed by atoms with Gasteiger partial charge in [-0.25, -0.2) is 14.0 Å². The van der Waals surface area contributed by atoms with Gasteiger partial charge >= 0.3 is 12.0 Å². The van der Waals surface area contributed by atoms with Gasteiger partial charge in [-0.2, -0.15) is 0 Å². The zero-order chi connectivity index (χ0) is 13.9. The predicted octanol–water partition coefficient (Wildman–Crippen LogP) is 2.46. The average Bonchev–Trinajstić information content (AvgIpc) is 2.21. The normalized spacial score (nSPS) is 10.9. The first kappa shape index (κ1) is 14.2. The number of hydrogen-bond donors (Lipinski definition) is 3. The topological polar surface area (TPSA) is 78.4 Å². The fourth-order valence-corrected chi connectivity index (χ4v) is 1.24. The van der Waals surface area contributed by atoms with Gasteiger partial charge in [0.1, 0.15) is 11.4 Å². The fraction of sp³-hybridized carbons (Fsp3) is 0.273. The van der Waals surface area contributed by atoms with Crippen molar-refractivity contribution in [3.63, 3.8) is 0 Å². The van der Waals surface area contributed by atoms with Gasteiger partial charge in [-0.15, -0.1) is 0 Å². The monoisotopic (exact) mass is 274 g/mol. The van der Waals surface area contributed by atoms with Crippen molar-refractivity contribution in [3.8, 4) is 0 Å². The highest BCUT2D eigenvalue weighted by Gasteiger charge is 2.29. The van der Waals surface area contributed by atoms with Crippen LogP contribution in [0.15, 0.2) is 18.2 Å². The van der Waals surface area contributed by atoms with Gasteiger partial charge in [0.2, 0.25) is 0 Å². The molecule has 0 saturated heterocycles. The van der Waals surface area contributed by atoms with Crippen LogP contribution in [0.25, 0.3) is 0 Å². The summed E-state index contributed by atoms with van der Waals surface area (Å²) in [7, 11) is 0. The number of rotatable bonds is 3. The number of aliphatic carboxylic acids is 1. The zero-order valence-electron chi connectivity index (χ0n) is 9.75. The third-order valence-corrected chi connectivity index (χ3v) is 2.38. The third-order valence-electron chi connectivity index (χ3n) is 2.14. The van der Waals surface area contributed by atoms with Gasteiger partial charge < -0.3 is 15.7 Å². The highest BCUT2D eigenvalue weighted by Crippen LogP contribution is 2.18. The van der Waals surface area contributed by atoms with Crippen molar-refractivity contribution in [2.24, 2.45) is 0 Å². The number of carbonyl (C=O) groups is 2. The van der Waals surface area contributed by atoms with Crippen molar-refractivity contribution in [1.82, 2.24) is 5.32 Å². The number of carboxylic acid groups (broad SMARTS) is 1. The molecule has 0 aliphatic rings. The lowest BCUT2D eigenvalue weighted by Gasteiger charge is -2.21. The molecule has 3 N–H and O–H groups in total. The Morgan fingerprint density at radius 1 is 1.39 bits per heavy atom. The van der Waals surface area contributed by atoms with Gasteiger partial charge in [0.05, 0.1) is 5.69 Å². The van der Waals surface area contributed by atoms with Crippen LogP contribution < -0.4 is 10.6 Å². The number of urea groups is 1. The fourth-order valence-electron chi connectivity index (χ4n) is 1.08. The maximum Gasteiger partial charge on any atom is 0.328 e. The maximum atomic E-state index is 13.4. The Labute approximate surface area is 108 Å². The third kappa shape index (κ3) is 3.59. The molecule has 0 spiro atoms. The Morgan fingerprint density at radius 2 is 2.00 bits per heavy atom. The standard InChI is InChI=1S/C11H12ClFN2O3/c1-11(2,9(16)17)15-10(18)14-8-4-3-6(12)5-7(8)13/h3-5H,1-2H3,(H,16,17)(H2,14,15,18). The number of amides is 2. The molecular weight excluding hydrogens is 263 g/mol. The summed E-state index contributed by atoms with van der Waals surface area (Å²) < 4.78 is 13.4. The molecule has 0 radical (unpaired) electrons. The lowest BCUT2D eigenvalue weighted by Crippen LogP contribution is -2.51. The number of halogens is 2. The molecule has 0 saturated carbocycles. The Kier molecular flexibility index (Phi) is 4.13. The molecule has 1 rings (SSSR count). The van der Waals surface area contributed by atoms with Crippen LogP contribution in [0.3, 0.4) is 0 Å². The second-order valence-electron chi connectivity index (χ2n) is 4.13. The van der Waals surface area contributed by atoms with Crippen LogP contribution in [0.4, 0.5) is 14.9 Å². The molecule has 0 bridgehead atoms. The van der Waals surface area contributed by atoms with Crippen molar-refractivity contribution in [1.29, 1.82) is 0 Å². The Morgan fingerprint density at radius 3 is 2.50 bits per heavy atom. The van der Waals surface area contributed by atoms with Crippen LogP contribution in [0.5, 0.6) is 0 Å². The second-order valence-corrected chi connectivity index (χ2v) is 4.57. The van der Waals surface area contributed by atoms with E-state index in [0.717, 1.165) is 6.07 Å². The molecule has 1 aromatic carbocycles. The van der Waals surface area contributed by atoms with Crippen molar-refractivity contribution >= 4 is 29.3 Å². The lowest BCUT2D eigenvalue weighted by molar-refractivity contribution is -0.142. The average molecular weight is 275 g/mol. The van der Waals surface area contributed by atoms with Crippen LogP contribution in [0.1, 0.15) is 13.8 Å². The molecule has 1 aromatic rings. The largest absolute Gasteiger partial charge is 0.480 e. The number of carbonyl (C=O) groups excluding carboxylic acids is 1. The summed E-state index contributed by atoms with van der Waals surface area (Å²) in [6.45, 7) is 2.63. The van der Waals surface area contributed by atoms with Gasteiger partial charge in [0, 0.05) is 5.02 Å². The molecule has 0 aliphatic heterocycles. The molecule has 0 fully saturated rings. The summed E-state index contributed by atoms with van der Waals surface area (Å²) in [5.74, 6) is -1.90. The summed E-state index contributed by atoms with van der Waals surface area (Å²) in [4.78, 5) is 22.3. The van der Waals surface area contributed by atoms with E-state index in [1.165, 1.54) is 26.0 Å². The zero-order valence-corrected chi connectivity index (χ0v) is 10.5. The number of anilines is 1. The number of carboxylic acids is 1. The number of benzene rings is 1. The summed E-state index contributed by atoms with van der Waals surface area (Å²) in [5, 5.41) is 13.4. The van der Waals surface area contributed by atoms with E-state index in [9.17, 15) is 14.0 Å². The minimum atomic E-state index is -1.45. The minimum absolute atomic E-state index is 0.0851. The quantitative estimate of drug-likeness (QED) is 0.792. The summed E-state index contributed by atoms with van der Waals surface area (Å²) >= 11 is 5.56. The van der Waals surface area contributed by atoms with Gasteiger partial charge in [-0.05, 0) is 32.0 Å². The maximum absolute atomic E-state index is 13.4. The molecule has 0 atom stereocenters. The first-order chi connectivity index (χ1) is 8.22. The Bertz CT molecular complexity index is 491. The summed E-state index contributed by atoms with van der Waals surface area (Å²) in [6, 6.07) is 2.91. The van der Waals surface area contributed by atoms with Crippen molar-refractivity contribution in [3.05, 3.63) is 29.0 Å². The molecule has 2 amide bonds. The van der Waals surface area contributed by atoms with Crippen molar-refractivity contribution in [2.75, 3.05) is 5.32 Å². The van der Waals surface area contributed by atoms with Gasteiger partial charge in [-0.3, -0.25) is 0 Å². The molecule has 5 nitrogen and oxygen atoms in total. The Hall–Kier alpha value is -1.82. The van der Waals surface area contributed by atoms with E-state index in [2.05, 4.69) is 10.6 Å². The molecule has 0 unspecified atom stereocenters. The summed E-state index contributed by atoms with van der Waals surface area (Å²) in [6.07, 6.45) is 0. The molecule has 98 valence electrons. The molecule has 0 heterocycles. The molecule has 0 aliphatic carbocycles.